The van der Waals surface area contributed by atoms with Gasteiger partial charge in [0.25, 0.3) is 0 Å². The van der Waals surface area contributed by atoms with Crippen molar-refractivity contribution in [2.45, 2.75) is 38.9 Å². The molecule has 0 bridgehead atoms. The average molecular weight is 427 g/mol. The van der Waals surface area contributed by atoms with Crippen LogP contribution in [0.2, 0.25) is 5.02 Å². The van der Waals surface area contributed by atoms with Crippen molar-refractivity contribution in [3.63, 3.8) is 0 Å². The maximum absolute atomic E-state index is 6.79. The molecule has 2 nitrogen and oxygen atoms in total. The van der Waals surface area contributed by atoms with E-state index in [0.717, 1.165) is 30.1 Å². The summed E-state index contributed by atoms with van der Waals surface area (Å²) in [6, 6.07) is 27.8. The number of rotatable bonds is 6. The molecule has 1 aliphatic rings. The van der Waals surface area contributed by atoms with Gasteiger partial charge < -0.3 is 9.47 Å². The first kappa shape index (κ1) is 20.0. The number of aryl methyl sites for hydroxylation is 1. The van der Waals surface area contributed by atoms with E-state index in [0.29, 0.717) is 0 Å². The lowest BCUT2D eigenvalue weighted by Gasteiger charge is -2.36. The minimum atomic E-state index is 0.0677. The zero-order chi connectivity index (χ0) is 21.2. The number of unbranched alkanes of at least 4 members (excludes halogenated alkanes) is 1. The largest absolute Gasteiger partial charge is 0.361 e. The summed E-state index contributed by atoms with van der Waals surface area (Å²) in [5.74, 6) is 0. The summed E-state index contributed by atoms with van der Waals surface area (Å²) in [7, 11) is 0. The van der Waals surface area contributed by atoms with Crippen LogP contribution in [0.1, 0.15) is 48.2 Å². The van der Waals surface area contributed by atoms with E-state index in [4.69, 9.17) is 11.6 Å². The van der Waals surface area contributed by atoms with E-state index in [1.165, 1.54) is 34.1 Å². The average Bonchev–Trinajstić information content (AvgIpc) is 3.12. The highest BCUT2D eigenvalue weighted by molar-refractivity contribution is 6.31. The second-order valence-electron chi connectivity index (χ2n) is 8.22. The minimum Gasteiger partial charge on any atom is -0.361 e. The molecule has 0 N–H and O–H groups in total. The molecule has 4 aromatic rings. The van der Waals surface area contributed by atoms with Gasteiger partial charge in [-0.05, 0) is 35.8 Å². The van der Waals surface area contributed by atoms with Crippen LogP contribution in [0, 0.1) is 0 Å². The van der Waals surface area contributed by atoms with Crippen LogP contribution < -0.4 is 0 Å². The molecule has 1 unspecified atom stereocenters. The first-order chi connectivity index (χ1) is 15.3. The van der Waals surface area contributed by atoms with Crippen molar-refractivity contribution in [3.8, 4) is 0 Å². The third kappa shape index (κ3) is 3.66. The Bertz CT molecular complexity index is 1220. The summed E-state index contributed by atoms with van der Waals surface area (Å²) in [6.07, 6.45) is 6.86. The molecule has 1 aliphatic heterocycles. The molecule has 31 heavy (non-hydrogen) atoms. The first-order valence-electron chi connectivity index (χ1n) is 11.1. The topological polar surface area (TPSA) is 8.17 Å². The summed E-state index contributed by atoms with van der Waals surface area (Å²) in [4.78, 5) is 2.43. The number of halogens is 1. The molecule has 0 amide bonds. The quantitative estimate of drug-likeness (QED) is 0.307. The van der Waals surface area contributed by atoms with Gasteiger partial charge in [0.15, 0.2) is 0 Å². The molecule has 1 atom stereocenters. The van der Waals surface area contributed by atoms with E-state index in [-0.39, 0.29) is 6.04 Å². The Morgan fingerprint density at radius 1 is 0.871 bits per heavy atom. The Labute approximate surface area is 189 Å². The number of nitrogens with zero attached hydrogens (tertiary/aromatic N) is 2. The number of hydrogen-bond donors (Lipinski definition) is 0. The van der Waals surface area contributed by atoms with Crippen LogP contribution in [0.15, 0.2) is 85.1 Å². The van der Waals surface area contributed by atoms with Crippen LogP contribution in [0.4, 0.5) is 0 Å². The Balaban J connectivity index is 1.72. The van der Waals surface area contributed by atoms with Crippen molar-refractivity contribution in [1.29, 1.82) is 0 Å². The van der Waals surface area contributed by atoms with Gasteiger partial charge >= 0.3 is 0 Å². The van der Waals surface area contributed by atoms with Gasteiger partial charge in [-0.3, -0.25) is 0 Å². The van der Waals surface area contributed by atoms with Crippen LogP contribution in [-0.4, -0.2) is 9.47 Å². The Kier molecular flexibility index (Phi) is 5.57. The van der Waals surface area contributed by atoms with Crippen LogP contribution >= 0.6 is 11.6 Å². The number of hydrogen-bond acceptors (Lipinski definition) is 1. The van der Waals surface area contributed by atoms with Crippen molar-refractivity contribution in [1.82, 2.24) is 9.47 Å². The lowest BCUT2D eigenvalue weighted by molar-refractivity contribution is 0.295. The zero-order valence-electron chi connectivity index (χ0n) is 17.8. The van der Waals surface area contributed by atoms with Gasteiger partial charge in [-0.1, -0.05) is 91.7 Å². The monoisotopic (exact) mass is 426 g/mol. The zero-order valence-corrected chi connectivity index (χ0v) is 18.6. The van der Waals surface area contributed by atoms with Crippen molar-refractivity contribution in [2.75, 3.05) is 0 Å². The van der Waals surface area contributed by atoms with Crippen molar-refractivity contribution >= 4 is 28.6 Å². The molecule has 3 heteroatoms. The number of aromatic nitrogens is 1. The van der Waals surface area contributed by atoms with Crippen LogP contribution in [0.25, 0.3) is 17.0 Å². The van der Waals surface area contributed by atoms with E-state index in [1.54, 1.807) is 0 Å². The van der Waals surface area contributed by atoms with E-state index < -0.39 is 0 Å². The lowest BCUT2D eigenvalue weighted by atomic mass is 9.94. The van der Waals surface area contributed by atoms with Crippen LogP contribution in [0.5, 0.6) is 0 Å². The van der Waals surface area contributed by atoms with Gasteiger partial charge in [0.2, 0.25) is 0 Å². The molecule has 0 aliphatic carbocycles. The molecule has 0 spiro atoms. The van der Waals surface area contributed by atoms with Crippen LogP contribution in [-0.2, 0) is 13.1 Å². The molecule has 2 heterocycles. The lowest BCUT2D eigenvalue weighted by Crippen LogP contribution is -2.29. The Morgan fingerprint density at radius 2 is 1.61 bits per heavy atom. The van der Waals surface area contributed by atoms with E-state index in [2.05, 4.69) is 95.4 Å². The summed E-state index contributed by atoms with van der Waals surface area (Å²) in [6.45, 7) is 4.10. The Hall–Kier alpha value is -2.97. The second kappa shape index (κ2) is 8.64. The van der Waals surface area contributed by atoms with Crippen molar-refractivity contribution in [3.05, 3.63) is 112 Å². The minimum absolute atomic E-state index is 0.0677. The molecule has 5 rings (SSSR count). The smallest absolute Gasteiger partial charge is 0.0965 e. The molecule has 1 aromatic heterocycles. The predicted molar refractivity (Wildman–Crippen MR) is 131 cm³/mol. The highest BCUT2D eigenvalue weighted by Gasteiger charge is 2.32. The summed E-state index contributed by atoms with van der Waals surface area (Å²) in [5, 5.41) is 2.14. The van der Waals surface area contributed by atoms with Gasteiger partial charge in [0, 0.05) is 40.8 Å². The van der Waals surface area contributed by atoms with E-state index in [1.807, 2.05) is 12.1 Å². The number of para-hydroxylation sites is 1. The molecule has 0 saturated heterocycles. The summed E-state index contributed by atoms with van der Waals surface area (Å²) in [5.41, 5.74) is 6.43. The van der Waals surface area contributed by atoms with Crippen LogP contribution in [0.3, 0.4) is 0 Å². The van der Waals surface area contributed by atoms with Crippen molar-refractivity contribution in [2.24, 2.45) is 0 Å². The number of benzene rings is 3. The van der Waals surface area contributed by atoms with Gasteiger partial charge in [-0.25, -0.2) is 0 Å². The standard InChI is InChI=1S/C28H27ClN2/c1-2-3-18-31-26-16-10-8-13-22(26)23-17-19-30(20-21-11-5-4-6-12-21)27(28(23)31)24-14-7-9-15-25(24)29/h4-17,19,27H,2-3,18,20H2,1H3. The fourth-order valence-corrected chi connectivity index (χ4v) is 4.99. The third-order valence-electron chi connectivity index (χ3n) is 6.22. The van der Waals surface area contributed by atoms with Gasteiger partial charge in [0.05, 0.1) is 11.7 Å². The maximum atomic E-state index is 6.79. The van der Waals surface area contributed by atoms with Crippen molar-refractivity contribution < 1.29 is 0 Å². The normalized spacial score (nSPS) is 15.4. The first-order valence-corrected chi connectivity index (χ1v) is 11.5. The molecule has 0 fully saturated rings. The molecule has 0 radical (unpaired) electrons. The van der Waals surface area contributed by atoms with Gasteiger partial charge in [-0.2, -0.15) is 0 Å². The molecule has 0 saturated carbocycles. The molecular weight excluding hydrogens is 400 g/mol. The number of fused-ring (bicyclic) bond motifs is 3. The van der Waals surface area contributed by atoms with Gasteiger partial charge in [0.1, 0.15) is 0 Å². The maximum Gasteiger partial charge on any atom is 0.0965 e. The fraction of sp³-hybridized carbons (Fsp3) is 0.214. The second-order valence-corrected chi connectivity index (χ2v) is 8.63. The highest BCUT2D eigenvalue weighted by atomic mass is 35.5. The highest BCUT2D eigenvalue weighted by Crippen LogP contribution is 2.43. The molecule has 3 aromatic carbocycles. The Morgan fingerprint density at radius 3 is 2.42 bits per heavy atom. The summed E-state index contributed by atoms with van der Waals surface area (Å²) >= 11 is 6.79. The van der Waals surface area contributed by atoms with Gasteiger partial charge in [-0.15, -0.1) is 0 Å². The SMILES string of the molecule is CCCCn1c2c(c3ccccc31)C=CN(Cc1ccccc1)C2c1ccccc1Cl. The predicted octanol–water partition coefficient (Wildman–Crippen LogP) is 7.67. The summed E-state index contributed by atoms with van der Waals surface area (Å²) < 4.78 is 2.53. The van der Waals surface area contributed by atoms with E-state index in [9.17, 15) is 0 Å². The van der Waals surface area contributed by atoms with E-state index >= 15 is 0 Å². The third-order valence-corrected chi connectivity index (χ3v) is 6.56. The molecule has 156 valence electrons. The fourth-order valence-electron chi connectivity index (χ4n) is 4.75. The molecular formula is C28H27ClN2.